The van der Waals surface area contributed by atoms with Gasteiger partial charge in [0.25, 0.3) is 0 Å². The van der Waals surface area contributed by atoms with Gasteiger partial charge in [-0.05, 0) is 48.9 Å². The second-order valence-corrected chi connectivity index (χ2v) is 7.22. The van der Waals surface area contributed by atoms with Crippen molar-refractivity contribution in [3.63, 3.8) is 0 Å². The van der Waals surface area contributed by atoms with Crippen molar-refractivity contribution in [1.29, 1.82) is 0 Å². The van der Waals surface area contributed by atoms with Crippen LogP contribution in [0, 0.1) is 5.92 Å². The van der Waals surface area contributed by atoms with E-state index in [1.807, 2.05) is 32.0 Å². The number of benzene rings is 2. The summed E-state index contributed by atoms with van der Waals surface area (Å²) in [6.07, 6.45) is 2.06. The van der Waals surface area contributed by atoms with Gasteiger partial charge < -0.3 is 19.9 Å². The molecule has 0 spiro atoms. The molecule has 25 heavy (non-hydrogen) atoms. The van der Waals surface area contributed by atoms with Gasteiger partial charge in [-0.1, -0.05) is 6.07 Å². The molecule has 5 nitrogen and oxygen atoms in total. The van der Waals surface area contributed by atoms with Crippen molar-refractivity contribution in [2.75, 3.05) is 20.2 Å². The molecule has 2 aromatic rings. The number of nitrogens with two attached hydrogens (primary N) is 1. The van der Waals surface area contributed by atoms with Crippen molar-refractivity contribution in [2.24, 2.45) is 5.92 Å². The Hall–Kier alpha value is -2.27. The van der Waals surface area contributed by atoms with Gasteiger partial charge in [0.15, 0.2) is 0 Å². The lowest BCUT2D eigenvalue weighted by Crippen LogP contribution is -2.86. The highest BCUT2D eigenvalue weighted by atomic mass is 16.6. The van der Waals surface area contributed by atoms with Gasteiger partial charge in [-0.3, -0.25) is 0 Å². The third-order valence-corrected chi connectivity index (χ3v) is 5.16. The van der Waals surface area contributed by atoms with Crippen molar-refractivity contribution >= 4 is 16.7 Å². The molecule has 1 fully saturated rings. The van der Waals surface area contributed by atoms with E-state index in [9.17, 15) is 9.90 Å². The van der Waals surface area contributed by atoms with E-state index in [1.165, 1.54) is 0 Å². The molecule has 1 heterocycles. The summed E-state index contributed by atoms with van der Waals surface area (Å²) in [5.41, 5.74) is -0.364. The first-order chi connectivity index (χ1) is 11.9. The van der Waals surface area contributed by atoms with Crippen molar-refractivity contribution < 1.29 is 24.7 Å². The average Bonchev–Trinajstić information content (AvgIpc) is 2.61. The molecule has 134 valence electrons. The SMILES string of the molecule is COc1ccc2cc(O)c(C(=O)OC(C)(C)C3CC[NH2+]CC3)cc2c1. The Bertz CT molecular complexity index is 779. The largest absolute Gasteiger partial charge is 0.507 e. The minimum absolute atomic E-state index is 0.0598. The first kappa shape index (κ1) is 17.5. The van der Waals surface area contributed by atoms with Crippen LogP contribution in [0.4, 0.5) is 0 Å². The number of carbonyl (C=O) groups excluding carboxylic acids is 1. The molecule has 0 radical (unpaired) electrons. The molecule has 0 amide bonds. The Kier molecular flexibility index (Phi) is 4.86. The zero-order chi connectivity index (χ0) is 18.0. The number of hydrogen-bond donors (Lipinski definition) is 2. The van der Waals surface area contributed by atoms with Crippen molar-refractivity contribution in [1.82, 2.24) is 0 Å². The van der Waals surface area contributed by atoms with Crippen LogP contribution in [0.5, 0.6) is 11.5 Å². The predicted molar refractivity (Wildman–Crippen MR) is 96.0 cm³/mol. The zero-order valence-electron chi connectivity index (χ0n) is 15.0. The Morgan fingerprint density at radius 1 is 1.16 bits per heavy atom. The molecule has 3 N–H and O–H groups in total. The van der Waals surface area contributed by atoms with E-state index in [1.54, 1.807) is 19.2 Å². The number of methoxy groups -OCH3 is 1. The maximum absolute atomic E-state index is 12.7. The first-order valence-electron chi connectivity index (χ1n) is 8.76. The van der Waals surface area contributed by atoms with Crippen LogP contribution in [-0.4, -0.2) is 36.9 Å². The number of phenols is 1. The second-order valence-electron chi connectivity index (χ2n) is 7.22. The van der Waals surface area contributed by atoms with Gasteiger partial charge >= 0.3 is 5.97 Å². The van der Waals surface area contributed by atoms with Crippen LogP contribution >= 0.6 is 0 Å². The monoisotopic (exact) mass is 344 g/mol. The van der Waals surface area contributed by atoms with Gasteiger partial charge in [0.1, 0.15) is 22.7 Å². The highest BCUT2D eigenvalue weighted by Gasteiger charge is 2.36. The molecule has 0 aromatic heterocycles. The van der Waals surface area contributed by atoms with Gasteiger partial charge in [0.05, 0.1) is 20.2 Å². The normalized spacial score (nSPS) is 16.0. The first-order valence-corrected chi connectivity index (χ1v) is 8.76. The number of fused-ring (bicyclic) bond motifs is 1. The molecule has 3 rings (SSSR count). The van der Waals surface area contributed by atoms with E-state index in [0.717, 1.165) is 36.7 Å². The van der Waals surface area contributed by atoms with Gasteiger partial charge in [0, 0.05) is 18.8 Å². The third kappa shape index (κ3) is 3.71. The van der Waals surface area contributed by atoms with E-state index in [0.29, 0.717) is 11.7 Å². The fourth-order valence-electron chi connectivity index (χ4n) is 3.55. The molecule has 0 aliphatic carbocycles. The van der Waals surface area contributed by atoms with Crippen LogP contribution in [0.25, 0.3) is 10.8 Å². The number of hydrogen-bond acceptors (Lipinski definition) is 4. The number of phenolic OH excluding ortho intramolecular Hbond substituents is 1. The number of ether oxygens (including phenoxy) is 2. The summed E-state index contributed by atoms with van der Waals surface area (Å²) < 4.78 is 11.0. The highest BCUT2D eigenvalue weighted by molar-refractivity contribution is 5.99. The summed E-state index contributed by atoms with van der Waals surface area (Å²) in [6.45, 7) is 6.04. The van der Waals surface area contributed by atoms with Gasteiger partial charge in [0.2, 0.25) is 0 Å². The molecule has 0 unspecified atom stereocenters. The fourth-order valence-corrected chi connectivity index (χ4v) is 3.55. The molecule has 0 bridgehead atoms. The van der Waals surface area contributed by atoms with Crippen LogP contribution < -0.4 is 10.1 Å². The quantitative estimate of drug-likeness (QED) is 0.836. The lowest BCUT2D eigenvalue weighted by atomic mass is 9.83. The molecule has 2 aromatic carbocycles. The summed E-state index contributed by atoms with van der Waals surface area (Å²) in [5.74, 6) is 0.498. The minimum Gasteiger partial charge on any atom is -0.507 e. The van der Waals surface area contributed by atoms with Crippen LogP contribution in [-0.2, 0) is 4.74 Å². The lowest BCUT2D eigenvalue weighted by molar-refractivity contribution is -0.665. The molecule has 0 atom stereocenters. The number of piperidine rings is 1. The number of carbonyl (C=O) groups is 1. The molecular formula is C20H26NO4+. The van der Waals surface area contributed by atoms with Gasteiger partial charge in [-0.15, -0.1) is 0 Å². The van der Waals surface area contributed by atoms with E-state index < -0.39 is 11.6 Å². The van der Waals surface area contributed by atoms with Crippen LogP contribution in [0.1, 0.15) is 37.0 Å². The number of rotatable bonds is 4. The molecule has 1 aliphatic rings. The van der Waals surface area contributed by atoms with E-state index in [2.05, 4.69) is 5.32 Å². The zero-order valence-corrected chi connectivity index (χ0v) is 15.0. The predicted octanol–water partition coefficient (Wildman–Crippen LogP) is 2.46. The van der Waals surface area contributed by atoms with Crippen LogP contribution in [0.3, 0.4) is 0 Å². The van der Waals surface area contributed by atoms with E-state index in [-0.39, 0.29) is 11.3 Å². The number of aromatic hydroxyl groups is 1. The van der Waals surface area contributed by atoms with Crippen LogP contribution in [0.2, 0.25) is 0 Å². The Balaban J connectivity index is 1.86. The summed E-state index contributed by atoms with van der Waals surface area (Å²) in [6, 6.07) is 8.77. The van der Waals surface area contributed by atoms with E-state index in [4.69, 9.17) is 9.47 Å². The Morgan fingerprint density at radius 3 is 2.56 bits per heavy atom. The highest BCUT2D eigenvalue weighted by Crippen LogP contribution is 2.32. The fraction of sp³-hybridized carbons (Fsp3) is 0.450. The maximum Gasteiger partial charge on any atom is 0.342 e. The van der Waals surface area contributed by atoms with Crippen molar-refractivity contribution in [2.45, 2.75) is 32.3 Å². The standard InChI is InChI=1S/C20H25NO4/c1-20(2,15-6-8-21-9-7-15)25-19(23)17-11-14-10-16(24-3)5-4-13(14)12-18(17)22/h4-5,10-12,15,21-22H,6-9H2,1-3H3/p+1. The summed E-state index contributed by atoms with van der Waals surface area (Å²) in [5, 5.41) is 14.2. The number of esters is 1. The molecule has 1 saturated heterocycles. The van der Waals surface area contributed by atoms with Gasteiger partial charge in [-0.25, -0.2) is 4.79 Å². The average molecular weight is 344 g/mol. The molecule has 5 heteroatoms. The third-order valence-electron chi connectivity index (χ3n) is 5.16. The molecule has 0 saturated carbocycles. The Labute approximate surface area is 147 Å². The van der Waals surface area contributed by atoms with Crippen molar-refractivity contribution in [3.8, 4) is 11.5 Å². The summed E-state index contributed by atoms with van der Waals surface area (Å²) >= 11 is 0. The van der Waals surface area contributed by atoms with Crippen LogP contribution in [0.15, 0.2) is 30.3 Å². The lowest BCUT2D eigenvalue weighted by Gasteiger charge is -2.35. The summed E-state index contributed by atoms with van der Waals surface area (Å²) in [4.78, 5) is 12.7. The Morgan fingerprint density at radius 2 is 1.88 bits per heavy atom. The number of quaternary nitrogens is 1. The molecular weight excluding hydrogens is 318 g/mol. The second kappa shape index (κ2) is 6.92. The van der Waals surface area contributed by atoms with Gasteiger partial charge in [-0.2, -0.15) is 0 Å². The topological polar surface area (TPSA) is 72.4 Å². The van der Waals surface area contributed by atoms with E-state index >= 15 is 0 Å². The summed E-state index contributed by atoms with van der Waals surface area (Å²) in [7, 11) is 1.60. The maximum atomic E-state index is 12.7. The van der Waals surface area contributed by atoms with Crippen molar-refractivity contribution in [3.05, 3.63) is 35.9 Å². The smallest absolute Gasteiger partial charge is 0.342 e. The molecule has 1 aliphatic heterocycles. The minimum atomic E-state index is -0.554.